The molecule has 3 atom stereocenters. The Kier molecular flexibility index (Phi) is 9.75. The second kappa shape index (κ2) is 13.1. The second-order valence-electron chi connectivity index (χ2n) is 11.0. The van der Waals surface area contributed by atoms with E-state index in [1.165, 1.54) is 14.2 Å². The smallest absolute Gasteiger partial charge is 0.304 e. The molecule has 1 aliphatic rings. The Hall–Kier alpha value is -3.67. The molecular formula is C30H36ClN3O8. The minimum Gasteiger partial charge on any atom is -0.493 e. The van der Waals surface area contributed by atoms with Crippen molar-refractivity contribution in [1.29, 1.82) is 0 Å². The van der Waals surface area contributed by atoms with Crippen LogP contribution in [0.15, 0.2) is 40.9 Å². The van der Waals surface area contributed by atoms with E-state index in [4.69, 9.17) is 30.3 Å². The van der Waals surface area contributed by atoms with Gasteiger partial charge in [0.05, 0.1) is 20.6 Å². The summed E-state index contributed by atoms with van der Waals surface area (Å²) in [6.07, 6.45) is -1.62. The number of carboxylic acids is 1. The highest BCUT2D eigenvalue weighted by molar-refractivity contribution is 6.30. The summed E-state index contributed by atoms with van der Waals surface area (Å²) in [6, 6.07) is 10.6. The zero-order valence-corrected chi connectivity index (χ0v) is 25.1. The fourth-order valence-electron chi connectivity index (χ4n) is 5.00. The minimum atomic E-state index is -1.09. The molecule has 2 heterocycles. The molecule has 0 bridgehead atoms. The number of aromatic nitrogens is 2. The molecule has 226 valence electrons. The number of aliphatic carboxylic acids is 1. The summed E-state index contributed by atoms with van der Waals surface area (Å²) in [6.45, 7) is 5.59. The highest BCUT2D eigenvalue weighted by Crippen LogP contribution is 2.45. The SMILES string of the molecule is CCC(CC(=O)O)c1nc(C[C@H]2O[C@H](c3cccc(OC)c3OC)c3cc(Cl)ccc3N(CC(C)(C)CO)C2=O)no1. The molecule has 0 saturated heterocycles. The zero-order chi connectivity index (χ0) is 30.6. The monoisotopic (exact) mass is 601 g/mol. The van der Waals surface area contributed by atoms with Crippen LogP contribution in [0.1, 0.15) is 68.5 Å². The molecule has 0 aliphatic carbocycles. The van der Waals surface area contributed by atoms with Crippen LogP contribution >= 0.6 is 11.6 Å². The zero-order valence-electron chi connectivity index (χ0n) is 24.3. The van der Waals surface area contributed by atoms with E-state index in [1.807, 2.05) is 26.8 Å². The molecule has 1 unspecified atom stereocenters. The summed E-state index contributed by atoms with van der Waals surface area (Å²) >= 11 is 6.48. The molecule has 0 radical (unpaired) electrons. The van der Waals surface area contributed by atoms with E-state index in [0.717, 1.165) is 0 Å². The number of fused-ring (bicyclic) bond motifs is 1. The number of anilines is 1. The van der Waals surface area contributed by atoms with Crippen LogP contribution in [0.3, 0.4) is 0 Å². The van der Waals surface area contributed by atoms with Gasteiger partial charge in [0.2, 0.25) is 5.89 Å². The van der Waals surface area contributed by atoms with Gasteiger partial charge in [-0.1, -0.05) is 49.7 Å². The van der Waals surface area contributed by atoms with Gasteiger partial charge >= 0.3 is 5.97 Å². The van der Waals surface area contributed by atoms with E-state index < -0.39 is 29.5 Å². The number of para-hydroxylation sites is 1. The molecule has 1 aromatic heterocycles. The van der Waals surface area contributed by atoms with Crippen LogP contribution < -0.4 is 14.4 Å². The van der Waals surface area contributed by atoms with Crippen LogP contribution in [0.2, 0.25) is 5.02 Å². The van der Waals surface area contributed by atoms with Gasteiger partial charge < -0.3 is 33.8 Å². The molecule has 4 rings (SSSR count). The van der Waals surface area contributed by atoms with Crippen molar-refractivity contribution in [2.75, 3.05) is 32.3 Å². The molecule has 42 heavy (non-hydrogen) atoms. The van der Waals surface area contributed by atoms with Crippen LogP contribution in [0.25, 0.3) is 0 Å². The molecule has 1 aliphatic heterocycles. The average Bonchev–Trinajstić information content (AvgIpc) is 3.40. The maximum atomic E-state index is 14.3. The molecule has 12 heteroatoms. The molecule has 1 amide bonds. The first kappa shape index (κ1) is 31.3. The average molecular weight is 602 g/mol. The van der Waals surface area contributed by atoms with E-state index in [9.17, 15) is 19.8 Å². The molecule has 0 fully saturated rings. The summed E-state index contributed by atoms with van der Waals surface area (Å²) in [4.78, 5) is 31.6. The van der Waals surface area contributed by atoms with Crippen LogP contribution in [0, 0.1) is 5.41 Å². The Morgan fingerprint density at radius 3 is 2.60 bits per heavy atom. The van der Waals surface area contributed by atoms with Crippen molar-refractivity contribution < 1.29 is 38.5 Å². The Balaban J connectivity index is 1.84. The van der Waals surface area contributed by atoms with Crippen molar-refractivity contribution in [3.8, 4) is 11.5 Å². The van der Waals surface area contributed by atoms with Gasteiger partial charge in [0, 0.05) is 52.7 Å². The minimum absolute atomic E-state index is 0.0492. The number of carbonyl (C=O) groups excluding carboxylic acids is 1. The van der Waals surface area contributed by atoms with Gasteiger partial charge in [-0.15, -0.1) is 0 Å². The van der Waals surface area contributed by atoms with Crippen molar-refractivity contribution in [2.24, 2.45) is 5.41 Å². The van der Waals surface area contributed by atoms with E-state index in [1.54, 1.807) is 35.2 Å². The fraction of sp³-hybridized carbons (Fsp3) is 0.467. The van der Waals surface area contributed by atoms with E-state index >= 15 is 0 Å². The number of amides is 1. The maximum Gasteiger partial charge on any atom is 0.304 e. The summed E-state index contributed by atoms with van der Waals surface area (Å²) in [7, 11) is 3.06. The first-order chi connectivity index (χ1) is 20.0. The van der Waals surface area contributed by atoms with E-state index in [-0.39, 0.29) is 43.6 Å². The first-order valence-corrected chi connectivity index (χ1v) is 14.0. The van der Waals surface area contributed by atoms with Crippen molar-refractivity contribution in [1.82, 2.24) is 10.1 Å². The summed E-state index contributed by atoms with van der Waals surface area (Å²) in [5.41, 5.74) is 1.17. The molecule has 3 aromatic rings. The third kappa shape index (κ3) is 6.69. The molecule has 11 nitrogen and oxygen atoms in total. The van der Waals surface area contributed by atoms with Crippen molar-refractivity contribution >= 4 is 29.2 Å². The van der Waals surface area contributed by atoms with Gasteiger partial charge in [0.15, 0.2) is 17.3 Å². The van der Waals surface area contributed by atoms with Gasteiger partial charge in [-0.05, 0) is 30.7 Å². The van der Waals surface area contributed by atoms with Crippen LogP contribution in [-0.4, -0.2) is 65.7 Å². The Morgan fingerprint density at radius 1 is 1.19 bits per heavy atom. The standard InChI is InChI=1S/C30H36ClN3O8/c1-6-17(12-25(36)37)28-32-24(33-42-28)14-23-29(38)34(15-30(2,3)16-35)21-11-10-18(31)13-20(21)26(41-23)19-8-7-9-22(39-4)27(19)40-5/h7-11,13,17,23,26,35H,6,12,14-16H2,1-5H3,(H,36,37)/t17?,23-,26-/m1/s1. The number of carbonyl (C=O) groups is 2. The molecule has 0 spiro atoms. The quantitative estimate of drug-likeness (QED) is 0.297. The number of rotatable bonds is 12. The van der Waals surface area contributed by atoms with E-state index in [0.29, 0.717) is 39.8 Å². The maximum absolute atomic E-state index is 14.3. The van der Waals surface area contributed by atoms with Crippen LogP contribution in [0.5, 0.6) is 11.5 Å². The lowest BCUT2D eigenvalue weighted by molar-refractivity contribution is -0.137. The first-order valence-electron chi connectivity index (χ1n) is 13.6. The highest BCUT2D eigenvalue weighted by Gasteiger charge is 2.40. The summed E-state index contributed by atoms with van der Waals surface area (Å²) in [5, 5.41) is 23.8. The summed E-state index contributed by atoms with van der Waals surface area (Å²) < 4.78 is 23.3. The van der Waals surface area contributed by atoms with Crippen molar-refractivity contribution in [2.45, 2.75) is 58.2 Å². The summed E-state index contributed by atoms with van der Waals surface area (Å²) in [5.74, 6) is -0.487. The lowest BCUT2D eigenvalue weighted by Gasteiger charge is -2.32. The van der Waals surface area contributed by atoms with Crippen LogP contribution in [-0.2, 0) is 20.7 Å². The predicted molar refractivity (Wildman–Crippen MR) is 154 cm³/mol. The third-order valence-corrected chi connectivity index (χ3v) is 7.48. The number of hydrogen-bond donors (Lipinski definition) is 2. The normalized spacial score (nSPS) is 17.9. The van der Waals surface area contributed by atoms with Gasteiger partial charge in [0.25, 0.3) is 5.91 Å². The molecule has 2 N–H and O–H groups in total. The number of halogens is 1. The lowest BCUT2D eigenvalue weighted by Crippen LogP contribution is -2.46. The fourth-order valence-corrected chi connectivity index (χ4v) is 5.18. The topological polar surface area (TPSA) is 144 Å². The van der Waals surface area contributed by atoms with E-state index in [2.05, 4.69) is 10.1 Å². The van der Waals surface area contributed by atoms with Crippen molar-refractivity contribution in [3.05, 3.63) is 64.3 Å². The second-order valence-corrected chi connectivity index (χ2v) is 11.4. The Labute approximate surface area is 249 Å². The molecule has 2 aromatic carbocycles. The number of methoxy groups -OCH3 is 2. The van der Waals surface area contributed by atoms with Gasteiger partial charge in [0.1, 0.15) is 12.2 Å². The Morgan fingerprint density at radius 2 is 1.95 bits per heavy atom. The van der Waals surface area contributed by atoms with Gasteiger partial charge in [-0.3, -0.25) is 9.59 Å². The number of ether oxygens (including phenoxy) is 3. The molecule has 0 saturated carbocycles. The van der Waals surface area contributed by atoms with Gasteiger partial charge in [-0.25, -0.2) is 0 Å². The number of carboxylic acid groups (broad SMARTS) is 1. The van der Waals surface area contributed by atoms with Gasteiger partial charge in [-0.2, -0.15) is 4.98 Å². The Bertz CT molecular complexity index is 1430. The predicted octanol–water partition coefficient (Wildman–Crippen LogP) is 4.79. The third-order valence-electron chi connectivity index (χ3n) is 7.25. The van der Waals surface area contributed by atoms with Crippen molar-refractivity contribution in [3.63, 3.8) is 0 Å². The number of aliphatic hydroxyl groups excluding tert-OH is 1. The number of aliphatic hydroxyl groups is 1. The lowest BCUT2D eigenvalue weighted by atomic mass is 9.92. The highest BCUT2D eigenvalue weighted by atomic mass is 35.5. The largest absolute Gasteiger partial charge is 0.493 e. The number of nitrogens with zero attached hydrogens (tertiary/aromatic N) is 3. The number of hydrogen-bond acceptors (Lipinski definition) is 9. The molecular weight excluding hydrogens is 566 g/mol. The number of benzene rings is 2. The van der Waals surface area contributed by atoms with Crippen LogP contribution in [0.4, 0.5) is 5.69 Å².